The molecule has 1 aliphatic rings. The van der Waals surface area contributed by atoms with Crippen molar-refractivity contribution in [2.75, 3.05) is 25.0 Å². The summed E-state index contributed by atoms with van der Waals surface area (Å²) in [6.45, 7) is 7.81. The van der Waals surface area contributed by atoms with Crippen LogP contribution in [0.3, 0.4) is 0 Å². The van der Waals surface area contributed by atoms with Crippen molar-refractivity contribution in [3.8, 4) is 0 Å². The van der Waals surface area contributed by atoms with Gasteiger partial charge in [0.15, 0.2) is 0 Å². The predicted octanol–water partition coefficient (Wildman–Crippen LogP) is 2.71. The number of nitrogens with one attached hydrogen (secondary N) is 2. The van der Waals surface area contributed by atoms with Crippen molar-refractivity contribution >= 4 is 5.69 Å². The summed E-state index contributed by atoms with van der Waals surface area (Å²) in [6.07, 6.45) is 2.62. The van der Waals surface area contributed by atoms with Crippen molar-refractivity contribution in [2.45, 2.75) is 26.7 Å². The maximum atomic E-state index is 3.54. The van der Waals surface area contributed by atoms with Gasteiger partial charge in [0.25, 0.3) is 0 Å². The smallest absolute Gasteiger partial charge is 0.0370 e. The minimum absolute atomic E-state index is 0.873. The predicted molar refractivity (Wildman–Crippen MR) is 70.0 cm³/mol. The fourth-order valence-electron chi connectivity index (χ4n) is 2.38. The first-order valence-electron chi connectivity index (χ1n) is 6.27. The van der Waals surface area contributed by atoms with Crippen LogP contribution >= 0.6 is 0 Å². The molecule has 88 valence electrons. The Morgan fingerprint density at radius 2 is 2.25 bits per heavy atom. The standard InChI is InChI=1S/C14H22N2/c1-11-3-4-14(12(2)9-11)16-8-6-13-5-7-15-10-13/h3-4,9,13,15-16H,5-8,10H2,1-2H3. The molecule has 2 N–H and O–H groups in total. The van der Waals surface area contributed by atoms with E-state index in [-0.39, 0.29) is 0 Å². The van der Waals surface area contributed by atoms with Gasteiger partial charge in [0, 0.05) is 12.2 Å². The summed E-state index contributed by atoms with van der Waals surface area (Å²) in [5.41, 5.74) is 3.98. The number of benzene rings is 1. The molecule has 1 saturated heterocycles. The van der Waals surface area contributed by atoms with Crippen LogP contribution in [0, 0.1) is 19.8 Å². The first-order chi connectivity index (χ1) is 7.75. The topological polar surface area (TPSA) is 24.1 Å². The van der Waals surface area contributed by atoms with Gasteiger partial charge in [-0.1, -0.05) is 17.7 Å². The number of hydrogen-bond donors (Lipinski definition) is 2. The molecule has 0 saturated carbocycles. The fraction of sp³-hybridized carbons (Fsp3) is 0.571. The molecule has 1 aromatic rings. The maximum absolute atomic E-state index is 3.54. The van der Waals surface area contributed by atoms with Gasteiger partial charge in [0.05, 0.1) is 0 Å². The molecule has 0 aliphatic carbocycles. The molecule has 1 aliphatic heterocycles. The molecule has 1 aromatic carbocycles. The molecule has 0 radical (unpaired) electrons. The molecule has 1 unspecified atom stereocenters. The number of rotatable bonds is 4. The monoisotopic (exact) mass is 218 g/mol. The second kappa shape index (κ2) is 5.35. The minimum Gasteiger partial charge on any atom is -0.385 e. The number of anilines is 1. The highest BCUT2D eigenvalue weighted by molar-refractivity contribution is 5.51. The van der Waals surface area contributed by atoms with E-state index in [0.29, 0.717) is 0 Å². The lowest BCUT2D eigenvalue weighted by Crippen LogP contribution is -2.13. The van der Waals surface area contributed by atoms with Crippen LogP contribution in [0.2, 0.25) is 0 Å². The Kier molecular flexibility index (Phi) is 3.83. The molecule has 2 rings (SSSR count). The summed E-state index contributed by atoms with van der Waals surface area (Å²) in [5.74, 6) is 0.873. The zero-order chi connectivity index (χ0) is 11.4. The van der Waals surface area contributed by atoms with Crippen LogP contribution < -0.4 is 10.6 Å². The second-order valence-electron chi connectivity index (χ2n) is 4.89. The van der Waals surface area contributed by atoms with E-state index in [1.165, 1.54) is 42.7 Å². The third-order valence-electron chi connectivity index (χ3n) is 3.41. The average molecular weight is 218 g/mol. The zero-order valence-corrected chi connectivity index (χ0v) is 10.3. The SMILES string of the molecule is Cc1ccc(NCCC2CCNC2)c(C)c1. The Balaban J connectivity index is 1.80. The second-order valence-corrected chi connectivity index (χ2v) is 4.89. The maximum Gasteiger partial charge on any atom is 0.0370 e. The van der Waals surface area contributed by atoms with Crippen molar-refractivity contribution in [3.63, 3.8) is 0 Å². The van der Waals surface area contributed by atoms with Crippen molar-refractivity contribution in [1.29, 1.82) is 0 Å². The number of hydrogen-bond acceptors (Lipinski definition) is 2. The van der Waals surface area contributed by atoms with Crippen molar-refractivity contribution < 1.29 is 0 Å². The molecule has 0 spiro atoms. The molecule has 0 bridgehead atoms. The summed E-state index contributed by atoms with van der Waals surface area (Å²) in [5, 5.41) is 6.95. The molecule has 2 nitrogen and oxygen atoms in total. The van der Waals surface area contributed by atoms with Gasteiger partial charge in [0.2, 0.25) is 0 Å². The van der Waals surface area contributed by atoms with Crippen LogP contribution in [-0.2, 0) is 0 Å². The van der Waals surface area contributed by atoms with E-state index in [1.54, 1.807) is 0 Å². The van der Waals surface area contributed by atoms with Crippen LogP contribution in [-0.4, -0.2) is 19.6 Å². The molecule has 1 atom stereocenters. The fourth-order valence-corrected chi connectivity index (χ4v) is 2.38. The molecule has 1 heterocycles. The Bertz CT molecular complexity index is 341. The van der Waals surface area contributed by atoms with Crippen LogP contribution in [0.15, 0.2) is 18.2 Å². The lowest BCUT2D eigenvalue weighted by molar-refractivity contribution is 0.549. The highest BCUT2D eigenvalue weighted by atomic mass is 14.9. The van der Waals surface area contributed by atoms with E-state index in [2.05, 4.69) is 42.7 Å². The first-order valence-corrected chi connectivity index (χ1v) is 6.27. The quantitative estimate of drug-likeness (QED) is 0.812. The number of aryl methyl sites for hydroxylation is 2. The zero-order valence-electron chi connectivity index (χ0n) is 10.3. The van der Waals surface area contributed by atoms with Gasteiger partial charge in [-0.2, -0.15) is 0 Å². The van der Waals surface area contributed by atoms with Crippen LogP contribution in [0.25, 0.3) is 0 Å². The highest BCUT2D eigenvalue weighted by Gasteiger charge is 2.13. The molecule has 16 heavy (non-hydrogen) atoms. The van der Waals surface area contributed by atoms with Gasteiger partial charge in [-0.3, -0.25) is 0 Å². The van der Waals surface area contributed by atoms with Gasteiger partial charge >= 0.3 is 0 Å². The molecule has 0 amide bonds. The molecule has 2 heteroatoms. The lowest BCUT2D eigenvalue weighted by atomic mass is 10.0. The van der Waals surface area contributed by atoms with E-state index in [9.17, 15) is 0 Å². The van der Waals surface area contributed by atoms with Gasteiger partial charge in [-0.05, 0) is 57.3 Å². The Morgan fingerprint density at radius 1 is 1.38 bits per heavy atom. The van der Waals surface area contributed by atoms with Crippen molar-refractivity contribution in [3.05, 3.63) is 29.3 Å². The highest BCUT2D eigenvalue weighted by Crippen LogP contribution is 2.17. The average Bonchev–Trinajstić information content (AvgIpc) is 2.74. The van der Waals surface area contributed by atoms with Crippen LogP contribution in [0.4, 0.5) is 5.69 Å². The summed E-state index contributed by atoms with van der Waals surface area (Å²) < 4.78 is 0. The van der Waals surface area contributed by atoms with E-state index >= 15 is 0 Å². The third-order valence-corrected chi connectivity index (χ3v) is 3.41. The summed E-state index contributed by atoms with van der Waals surface area (Å²) >= 11 is 0. The third kappa shape index (κ3) is 2.99. The van der Waals surface area contributed by atoms with E-state index in [1.807, 2.05) is 0 Å². The lowest BCUT2D eigenvalue weighted by Gasteiger charge is -2.12. The Labute approximate surface area is 98.4 Å². The molecular weight excluding hydrogens is 196 g/mol. The van der Waals surface area contributed by atoms with Crippen LogP contribution in [0.5, 0.6) is 0 Å². The molecule has 1 fully saturated rings. The van der Waals surface area contributed by atoms with E-state index in [0.717, 1.165) is 12.5 Å². The summed E-state index contributed by atoms with van der Waals surface area (Å²) in [6, 6.07) is 6.60. The normalized spacial score (nSPS) is 20.0. The summed E-state index contributed by atoms with van der Waals surface area (Å²) in [7, 11) is 0. The van der Waals surface area contributed by atoms with Gasteiger partial charge < -0.3 is 10.6 Å². The van der Waals surface area contributed by atoms with E-state index in [4.69, 9.17) is 0 Å². The van der Waals surface area contributed by atoms with Gasteiger partial charge in [0.1, 0.15) is 0 Å². The van der Waals surface area contributed by atoms with Crippen molar-refractivity contribution in [1.82, 2.24) is 5.32 Å². The largest absolute Gasteiger partial charge is 0.385 e. The molecular formula is C14H22N2. The van der Waals surface area contributed by atoms with E-state index < -0.39 is 0 Å². The molecule has 0 aromatic heterocycles. The van der Waals surface area contributed by atoms with Gasteiger partial charge in [-0.25, -0.2) is 0 Å². The van der Waals surface area contributed by atoms with Crippen molar-refractivity contribution in [2.24, 2.45) is 5.92 Å². The van der Waals surface area contributed by atoms with Crippen LogP contribution in [0.1, 0.15) is 24.0 Å². The Morgan fingerprint density at radius 3 is 2.94 bits per heavy atom. The minimum atomic E-state index is 0.873. The van der Waals surface area contributed by atoms with Gasteiger partial charge in [-0.15, -0.1) is 0 Å². The first kappa shape index (κ1) is 11.5. The summed E-state index contributed by atoms with van der Waals surface area (Å²) in [4.78, 5) is 0. The Hall–Kier alpha value is -1.02.